The molecule has 1 rings (SSSR count). The summed E-state index contributed by atoms with van der Waals surface area (Å²) >= 11 is 5.81. The number of hydrogen-bond acceptors (Lipinski definition) is 1. The third kappa shape index (κ3) is 4.00. The molecule has 0 aliphatic rings. The molecular weight excluding hydrogens is 243 g/mol. The van der Waals surface area contributed by atoms with Crippen molar-refractivity contribution >= 4 is 17.6 Å². The Kier molecular flexibility index (Phi) is 4.94. The quantitative estimate of drug-likeness (QED) is 0.866. The van der Waals surface area contributed by atoms with Gasteiger partial charge in [-0.3, -0.25) is 4.79 Å². The maximum absolute atomic E-state index is 13.7. The highest BCUT2D eigenvalue weighted by Gasteiger charge is 2.12. The summed E-state index contributed by atoms with van der Waals surface area (Å²) in [5, 5.41) is 8.66. The van der Waals surface area contributed by atoms with Crippen LogP contribution in [0.2, 0.25) is 5.02 Å². The second-order valence-electron chi connectivity index (χ2n) is 4.38. The summed E-state index contributed by atoms with van der Waals surface area (Å²) < 4.78 is 13.7. The van der Waals surface area contributed by atoms with Crippen LogP contribution in [0.4, 0.5) is 4.39 Å². The number of carboxylic acid groups (broad SMARTS) is 1. The number of carboxylic acids is 1. The van der Waals surface area contributed by atoms with Crippen molar-refractivity contribution in [1.82, 2.24) is 0 Å². The van der Waals surface area contributed by atoms with Gasteiger partial charge in [-0.05, 0) is 36.0 Å². The van der Waals surface area contributed by atoms with Crippen LogP contribution in [0.5, 0.6) is 0 Å². The van der Waals surface area contributed by atoms with E-state index < -0.39 is 5.97 Å². The van der Waals surface area contributed by atoms with Gasteiger partial charge in [0, 0.05) is 6.42 Å². The van der Waals surface area contributed by atoms with Crippen LogP contribution in [0.1, 0.15) is 43.7 Å². The second kappa shape index (κ2) is 6.01. The SMILES string of the molecule is CC(C)c1cc(CCCC(=O)O)cc(Cl)c1F. The lowest BCUT2D eigenvalue weighted by molar-refractivity contribution is -0.137. The number of rotatable bonds is 5. The molecule has 2 nitrogen and oxygen atoms in total. The maximum Gasteiger partial charge on any atom is 0.303 e. The van der Waals surface area contributed by atoms with Crippen LogP contribution in [-0.4, -0.2) is 11.1 Å². The van der Waals surface area contributed by atoms with Crippen molar-refractivity contribution in [2.75, 3.05) is 0 Å². The highest BCUT2D eigenvalue weighted by Crippen LogP contribution is 2.27. The van der Waals surface area contributed by atoms with Gasteiger partial charge >= 0.3 is 5.97 Å². The fraction of sp³-hybridized carbons (Fsp3) is 0.462. The summed E-state index contributed by atoms with van der Waals surface area (Å²) in [6.45, 7) is 3.80. The van der Waals surface area contributed by atoms with Gasteiger partial charge in [0.05, 0.1) is 5.02 Å². The molecule has 0 unspecified atom stereocenters. The van der Waals surface area contributed by atoms with Crippen LogP contribution < -0.4 is 0 Å². The zero-order chi connectivity index (χ0) is 13.0. The first-order valence-corrected chi connectivity index (χ1v) is 5.99. The highest BCUT2D eigenvalue weighted by molar-refractivity contribution is 6.30. The van der Waals surface area contributed by atoms with E-state index in [1.165, 1.54) is 0 Å². The molecule has 0 aliphatic carbocycles. The zero-order valence-electron chi connectivity index (χ0n) is 9.96. The van der Waals surface area contributed by atoms with Gasteiger partial charge in [0.15, 0.2) is 0 Å². The minimum atomic E-state index is -0.817. The van der Waals surface area contributed by atoms with Crippen LogP contribution in [0.25, 0.3) is 0 Å². The normalized spacial score (nSPS) is 10.9. The lowest BCUT2D eigenvalue weighted by atomic mass is 9.98. The summed E-state index contributed by atoms with van der Waals surface area (Å²) in [6.07, 6.45) is 1.26. The first-order valence-electron chi connectivity index (χ1n) is 5.61. The predicted molar refractivity (Wildman–Crippen MR) is 66.1 cm³/mol. The van der Waals surface area contributed by atoms with Gasteiger partial charge in [0.1, 0.15) is 5.82 Å². The van der Waals surface area contributed by atoms with Crippen molar-refractivity contribution in [1.29, 1.82) is 0 Å². The van der Waals surface area contributed by atoms with Gasteiger partial charge in [0.25, 0.3) is 0 Å². The Labute approximate surface area is 105 Å². The predicted octanol–water partition coefficient (Wildman–Crippen LogP) is 4.01. The average Bonchev–Trinajstić information content (AvgIpc) is 2.22. The molecule has 1 aromatic carbocycles. The molecule has 0 aromatic heterocycles. The number of carbonyl (C=O) groups is 1. The lowest BCUT2D eigenvalue weighted by Gasteiger charge is -2.11. The first kappa shape index (κ1) is 14.0. The van der Waals surface area contributed by atoms with E-state index in [2.05, 4.69) is 0 Å². The summed E-state index contributed by atoms with van der Waals surface area (Å²) in [7, 11) is 0. The van der Waals surface area contributed by atoms with E-state index in [4.69, 9.17) is 16.7 Å². The number of hydrogen-bond donors (Lipinski definition) is 1. The Bertz CT molecular complexity index is 416. The van der Waals surface area contributed by atoms with Crippen molar-refractivity contribution in [3.05, 3.63) is 34.1 Å². The molecule has 0 saturated heterocycles. The molecule has 0 amide bonds. The topological polar surface area (TPSA) is 37.3 Å². The molecule has 0 fully saturated rings. The molecule has 0 saturated carbocycles. The third-order valence-electron chi connectivity index (χ3n) is 2.59. The first-order chi connectivity index (χ1) is 7.91. The van der Waals surface area contributed by atoms with E-state index in [-0.39, 0.29) is 23.2 Å². The Balaban J connectivity index is 2.83. The van der Waals surface area contributed by atoms with E-state index >= 15 is 0 Å². The van der Waals surface area contributed by atoms with E-state index in [1.807, 2.05) is 13.8 Å². The maximum atomic E-state index is 13.7. The van der Waals surface area contributed by atoms with Crippen molar-refractivity contribution < 1.29 is 14.3 Å². The van der Waals surface area contributed by atoms with Gasteiger partial charge in [-0.2, -0.15) is 0 Å². The van der Waals surface area contributed by atoms with Crippen LogP contribution in [0.3, 0.4) is 0 Å². The van der Waals surface area contributed by atoms with E-state index in [1.54, 1.807) is 12.1 Å². The molecule has 0 heterocycles. The van der Waals surface area contributed by atoms with Crippen molar-refractivity contribution in [3.63, 3.8) is 0 Å². The summed E-state index contributed by atoms with van der Waals surface area (Å²) in [6, 6.07) is 3.35. The number of benzene rings is 1. The largest absolute Gasteiger partial charge is 0.481 e. The van der Waals surface area contributed by atoms with Crippen molar-refractivity contribution in [2.24, 2.45) is 0 Å². The molecule has 1 aromatic rings. The molecule has 94 valence electrons. The molecule has 1 N–H and O–H groups in total. The number of aliphatic carboxylic acids is 1. The standard InChI is InChI=1S/C13H16ClFO2/c1-8(2)10-6-9(4-3-5-12(16)17)7-11(14)13(10)15/h6-8H,3-5H2,1-2H3,(H,16,17). The van der Waals surface area contributed by atoms with Gasteiger partial charge in [0.2, 0.25) is 0 Å². The molecule has 0 atom stereocenters. The molecule has 0 spiro atoms. The molecule has 17 heavy (non-hydrogen) atoms. The lowest BCUT2D eigenvalue weighted by Crippen LogP contribution is -1.99. The average molecular weight is 259 g/mol. The fourth-order valence-corrected chi connectivity index (χ4v) is 1.93. The van der Waals surface area contributed by atoms with Gasteiger partial charge in [-0.15, -0.1) is 0 Å². The van der Waals surface area contributed by atoms with Crippen molar-refractivity contribution in [2.45, 2.75) is 39.0 Å². The minimum absolute atomic E-state index is 0.0620. The molecule has 0 radical (unpaired) electrons. The number of aryl methyl sites for hydroxylation is 1. The van der Waals surface area contributed by atoms with E-state index in [0.717, 1.165) is 5.56 Å². The fourth-order valence-electron chi connectivity index (χ4n) is 1.68. The van der Waals surface area contributed by atoms with Crippen LogP contribution in [0.15, 0.2) is 12.1 Å². The van der Waals surface area contributed by atoms with Crippen LogP contribution in [0, 0.1) is 5.82 Å². The van der Waals surface area contributed by atoms with Crippen LogP contribution in [-0.2, 0) is 11.2 Å². The summed E-state index contributed by atoms with van der Waals surface area (Å²) in [4.78, 5) is 10.4. The Morgan fingerprint density at radius 1 is 1.47 bits per heavy atom. The van der Waals surface area contributed by atoms with E-state index in [9.17, 15) is 9.18 Å². The van der Waals surface area contributed by atoms with Crippen LogP contribution >= 0.6 is 11.6 Å². The molecule has 0 aliphatic heterocycles. The number of halogens is 2. The zero-order valence-corrected chi connectivity index (χ0v) is 10.7. The Morgan fingerprint density at radius 2 is 2.12 bits per heavy atom. The summed E-state index contributed by atoms with van der Waals surface area (Å²) in [5.41, 5.74) is 1.48. The minimum Gasteiger partial charge on any atom is -0.481 e. The van der Waals surface area contributed by atoms with Gasteiger partial charge in [-0.25, -0.2) is 4.39 Å². The monoisotopic (exact) mass is 258 g/mol. The van der Waals surface area contributed by atoms with Gasteiger partial charge < -0.3 is 5.11 Å². The molecular formula is C13H16ClFO2. The second-order valence-corrected chi connectivity index (χ2v) is 4.79. The molecule has 4 heteroatoms. The van der Waals surface area contributed by atoms with E-state index in [0.29, 0.717) is 18.4 Å². The smallest absolute Gasteiger partial charge is 0.303 e. The highest BCUT2D eigenvalue weighted by atomic mass is 35.5. The Morgan fingerprint density at radius 3 is 2.65 bits per heavy atom. The molecule has 0 bridgehead atoms. The van der Waals surface area contributed by atoms with Crippen molar-refractivity contribution in [3.8, 4) is 0 Å². The third-order valence-corrected chi connectivity index (χ3v) is 2.87. The Hall–Kier alpha value is -1.09. The summed E-state index contributed by atoms with van der Waals surface area (Å²) in [5.74, 6) is -1.13. The van der Waals surface area contributed by atoms with Gasteiger partial charge in [-0.1, -0.05) is 31.5 Å².